The van der Waals surface area contributed by atoms with E-state index in [1.165, 1.54) is 24.3 Å². The number of nitrogens with zero attached hydrogens (tertiary/aromatic N) is 2. The molecule has 1 amide bonds. The van der Waals surface area contributed by atoms with E-state index in [1.54, 1.807) is 0 Å². The molecule has 0 aromatic heterocycles. The lowest BCUT2D eigenvalue weighted by molar-refractivity contribution is -0.312. The number of hydrazone groups is 1. The number of hydrogen-bond donors (Lipinski definition) is 2. The molecule has 0 radical (unpaired) electrons. The van der Waals surface area contributed by atoms with Gasteiger partial charge in [0.1, 0.15) is 5.75 Å². The van der Waals surface area contributed by atoms with Gasteiger partial charge in [-0.2, -0.15) is 23.3 Å². The highest BCUT2D eigenvalue weighted by molar-refractivity contribution is 5.99. The number of benzene rings is 1. The van der Waals surface area contributed by atoms with Crippen LogP contribution in [0.3, 0.4) is 0 Å². The summed E-state index contributed by atoms with van der Waals surface area (Å²) >= 11 is 0. The number of amides is 1. The minimum Gasteiger partial charge on any atom is -0.508 e. The maximum absolute atomic E-state index is 13.7. The van der Waals surface area contributed by atoms with Gasteiger partial charge in [0, 0.05) is 11.3 Å². The zero-order valence-electron chi connectivity index (χ0n) is 12.8. The van der Waals surface area contributed by atoms with Gasteiger partial charge < -0.3 is 10.2 Å². The predicted molar refractivity (Wildman–Crippen MR) is 79.3 cm³/mol. The smallest absolute Gasteiger partial charge is 0.439 e. The summed E-state index contributed by atoms with van der Waals surface area (Å²) in [4.78, 5) is 12.5. The molecular formula is C16H17F3N2O3. The molecule has 1 heterocycles. The summed E-state index contributed by atoms with van der Waals surface area (Å²) in [5.74, 6) is -2.40. The number of alkyl halides is 3. The van der Waals surface area contributed by atoms with Crippen molar-refractivity contribution in [3.8, 4) is 5.75 Å². The monoisotopic (exact) mass is 342 g/mol. The summed E-state index contributed by atoms with van der Waals surface area (Å²) in [5, 5.41) is 23.8. The number of aromatic hydroxyl groups is 1. The Morgan fingerprint density at radius 1 is 1.21 bits per heavy atom. The Bertz CT molecular complexity index is 672. The Morgan fingerprint density at radius 3 is 2.50 bits per heavy atom. The van der Waals surface area contributed by atoms with Crippen LogP contribution >= 0.6 is 0 Å². The first-order chi connectivity index (χ1) is 11.2. The molecule has 1 aromatic carbocycles. The lowest BCUT2D eigenvalue weighted by Crippen LogP contribution is -2.61. The molecule has 2 aliphatic rings. The molecular weight excluding hydrogens is 325 g/mol. The van der Waals surface area contributed by atoms with E-state index in [1.807, 2.05) is 0 Å². The lowest BCUT2D eigenvalue weighted by atomic mass is 9.87. The SMILES string of the molecule is O=C(c1ccc(O)cc1)N1N=C2CCCCC[C@@H]2[C@]1(O)C(F)(F)F. The first-order valence-electron chi connectivity index (χ1n) is 7.75. The van der Waals surface area contributed by atoms with Gasteiger partial charge in [-0.05, 0) is 43.5 Å². The molecule has 1 aromatic rings. The zero-order chi connectivity index (χ0) is 17.5. The van der Waals surface area contributed by atoms with Crippen molar-refractivity contribution >= 4 is 11.6 Å². The van der Waals surface area contributed by atoms with E-state index in [-0.39, 0.29) is 28.5 Å². The van der Waals surface area contributed by atoms with Crippen LogP contribution in [0.4, 0.5) is 13.2 Å². The first-order valence-corrected chi connectivity index (χ1v) is 7.75. The molecule has 130 valence electrons. The number of halogens is 3. The van der Waals surface area contributed by atoms with Crippen LogP contribution in [0, 0.1) is 5.92 Å². The van der Waals surface area contributed by atoms with Crippen molar-refractivity contribution in [3.63, 3.8) is 0 Å². The molecule has 1 aliphatic heterocycles. The number of carbonyl (C=O) groups is 1. The van der Waals surface area contributed by atoms with E-state index in [9.17, 15) is 28.2 Å². The number of phenolic OH excluding ortho intramolecular Hbond substituents is 1. The van der Waals surface area contributed by atoms with Crippen molar-refractivity contribution in [2.24, 2.45) is 11.0 Å². The minimum absolute atomic E-state index is 0.0868. The van der Waals surface area contributed by atoms with Crippen molar-refractivity contribution in [1.29, 1.82) is 0 Å². The van der Waals surface area contributed by atoms with Gasteiger partial charge in [-0.25, -0.2) is 0 Å². The van der Waals surface area contributed by atoms with E-state index in [4.69, 9.17) is 0 Å². The number of fused-ring (bicyclic) bond motifs is 1. The standard InChI is InChI=1S/C16H17F3N2O3/c17-16(18,19)15(24)12-4-2-1-3-5-13(12)20-21(15)14(23)10-6-8-11(22)9-7-10/h6-9,12,22,24H,1-5H2/t12-,15-/m0/s1. The number of hydrogen-bond acceptors (Lipinski definition) is 4. The Morgan fingerprint density at radius 2 is 1.88 bits per heavy atom. The third-order valence-electron chi connectivity index (χ3n) is 4.59. The van der Waals surface area contributed by atoms with Gasteiger partial charge >= 0.3 is 6.18 Å². The van der Waals surface area contributed by atoms with Crippen molar-refractivity contribution in [3.05, 3.63) is 29.8 Å². The van der Waals surface area contributed by atoms with Crippen LogP contribution < -0.4 is 0 Å². The highest BCUT2D eigenvalue weighted by atomic mass is 19.4. The van der Waals surface area contributed by atoms with Gasteiger partial charge in [0.05, 0.1) is 5.92 Å². The average molecular weight is 342 g/mol. The van der Waals surface area contributed by atoms with E-state index in [0.717, 1.165) is 6.42 Å². The molecule has 0 spiro atoms. The molecule has 8 heteroatoms. The van der Waals surface area contributed by atoms with Crippen molar-refractivity contribution < 1.29 is 28.2 Å². The number of aliphatic hydroxyl groups is 1. The molecule has 0 saturated heterocycles. The number of carbonyl (C=O) groups excluding carboxylic acids is 1. The molecule has 3 rings (SSSR count). The maximum atomic E-state index is 13.7. The van der Waals surface area contributed by atoms with Crippen LogP contribution in [0.15, 0.2) is 29.4 Å². The van der Waals surface area contributed by atoms with Crippen LogP contribution in [0.1, 0.15) is 42.5 Å². The minimum atomic E-state index is -5.03. The fraction of sp³-hybridized carbons (Fsp3) is 0.500. The molecule has 1 fully saturated rings. The van der Waals surface area contributed by atoms with Gasteiger partial charge in [0.15, 0.2) is 0 Å². The van der Waals surface area contributed by atoms with Gasteiger partial charge in [-0.1, -0.05) is 12.8 Å². The third-order valence-corrected chi connectivity index (χ3v) is 4.59. The maximum Gasteiger partial charge on any atom is 0.439 e. The number of phenols is 1. The highest BCUT2D eigenvalue weighted by Gasteiger charge is 2.68. The molecule has 2 N–H and O–H groups in total. The third kappa shape index (κ3) is 2.54. The molecule has 1 saturated carbocycles. The van der Waals surface area contributed by atoms with E-state index in [2.05, 4.69) is 5.10 Å². The summed E-state index contributed by atoms with van der Waals surface area (Å²) in [6.07, 6.45) is -2.56. The Labute approximate surface area is 136 Å². The first kappa shape index (κ1) is 16.8. The normalized spacial score (nSPS) is 27.4. The molecule has 1 aliphatic carbocycles. The molecule has 24 heavy (non-hydrogen) atoms. The quantitative estimate of drug-likeness (QED) is 0.824. The van der Waals surface area contributed by atoms with Gasteiger partial charge in [0.2, 0.25) is 0 Å². The molecule has 0 unspecified atom stereocenters. The van der Waals surface area contributed by atoms with E-state index < -0.39 is 23.7 Å². The summed E-state index contributed by atoms with van der Waals surface area (Å²) in [6, 6.07) is 4.79. The van der Waals surface area contributed by atoms with E-state index >= 15 is 0 Å². The average Bonchev–Trinajstić information content (AvgIpc) is 2.68. The molecule has 5 nitrogen and oxygen atoms in total. The van der Waals surface area contributed by atoms with Crippen LogP contribution in [0.25, 0.3) is 0 Å². The van der Waals surface area contributed by atoms with Crippen LogP contribution in [-0.2, 0) is 0 Å². The van der Waals surface area contributed by atoms with Crippen molar-refractivity contribution in [2.75, 3.05) is 0 Å². The van der Waals surface area contributed by atoms with E-state index in [0.29, 0.717) is 19.3 Å². The van der Waals surface area contributed by atoms with Crippen LogP contribution in [0.5, 0.6) is 5.75 Å². The summed E-state index contributed by atoms with van der Waals surface area (Å²) in [5.41, 5.74) is -3.20. The van der Waals surface area contributed by atoms with Gasteiger partial charge in [-0.3, -0.25) is 4.79 Å². The fourth-order valence-corrected chi connectivity index (χ4v) is 3.32. The van der Waals surface area contributed by atoms with Gasteiger partial charge in [0.25, 0.3) is 11.6 Å². The lowest BCUT2D eigenvalue weighted by Gasteiger charge is -2.37. The second-order valence-corrected chi connectivity index (χ2v) is 6.13. The second-order valence-electron chi connectivity index (χ2n) is 6.13. The Kier molecular flexibility index (Phi) is 4.03. The Balaban J connectivity index is 2.03. The van der Waals surface area contributed by atoms with Crippen LogP contribution in [-0.4, -0.2) is 38.7 Å². The van der Waals surface area contributed by atoms with Crippen molar-refractivity contribution in [2.45, 2.75) is 44.0 Å². The zero-order valence-corrected chi connectivity index (χ0v) is 12.8. The Hall–Kier alpha value is -2.09. The summed E-state index contributed by atoms with van der Waals surface area (Å²) < 4.78 is 41.0. The number of rotatable bonds is 1. The predicted octanol–water partition coefficient (Wildman–Crippen LogP) is 3.04. The van der Waals surface area contributed by atoms with Gasteiger partial charge in [-0.15, -0.1) is 0 Å². The largest absolute Gasteiger partial charge is 0.508 e. The highest BCUT2D eigenvalue weighted by Crippen LogP contribution is 2.48. The van der Waals surface area contributed by atoms with Crippen molar-refractivity contribution in [1.82, 2.24) is 5.01 Å². The topological polar surface area (TPSA) is 73.1 Å². The second kappa shape index (κ2) is 5.77. The summed E-state index contributed by atoms with van der Waals surface area (Å²) in [6.45, 7) is 0. The molecule has 0 bridgehead atoms. The summed E-state index contributed by atoms with van der Waals surface area (Å²) in [7, 11) is 0. The molecule has 2 atom stereocenters. The van der Waals surface area contributed by atoms with Crippen LogP contribution in [0.2, 0.25) is 0 Å². The fourth-order valence-electron chi connectivity index (χ4n) is 3.32.